The second-order valence-electron chi connectivity index (χ2n) is 5.32. The zero-order chi connectivity index (χ0) is 14.0. The van der Waals surface area contributed by atoms with E-state index >= 15 is 0 Å². The maximum atomic E-state index is 11.8. The van der Waals surface area contributed by atoms with Crippen molar-refractivity contribution in [1.29, 1.82) is 0 Å². The Bertz CT molecular complexity index is 581. The van der Waals surface area contributed by atoms with Crippen molar-refractivity contribution in [2.24, 2.45) is 0 Å². The van der Waals surface area contributed by atoms with E-state index in [1.807, 2.05) is 5.38 Å². The van der Waals surface area contributed by atoms with Gasteiger partial charge in [0, 0.05) is 10.8 Å². The van der Waals surface area contributed by atoms with Crippen LogP contribution in [0.5, 0.6) is 0 Å². The minimum atomic E-state index is -0.237. The largest absolute Gasteiger partial charge is 0.448 e. The monoisotopic (exact) mass is 279 g/mol. The van der Waals surface area contributed by atoms with Crippen LogP contribution in [0.1, 0.15) is 47.7 Å². The third kappa shape index (κ3) is 3.20. The number of carbonyl (C=O) groups excluding carboxylic acids is 1. The van der Waals surface area contributed by atoms with Crippen LogP contribution in [-0.2, 0) is 12.0 Å². The minimum Gasteiger partial charge on any atom is -0.448 e. The number of amides is 1. The van der Waals surface area contributed by atoms with Crippen LogP contribution in [0.15, 0.2) is 16.2 Å². The summed E-state index contributed by atoms with van der Waals surface area (Å²) in [5, 5.41) is 5.71. The second kappa shape index (κ2) is 5.13. The Balaban J connectivity index is 1.98. The van der Waals surface area contributed by atoms with Gasteiger partial charge in [-0.15, -0.1) is 11.3 Å². The lowest BCUT2D eigenvalue weighted by Crippen LogP contribution is -2.24. The van der Waals surface area contributed by atoms with Crippen LogP contribution >= 0.6 is 11.3 Å². The molecule has 0 bridgehead atoms. The average molecular weight is 279 g/mol. The molecule has 0 aliphatic carbocycles. The smallest absolute Gasteiger partial charge is 0.273 e. The van der Waals surface area contributed by atoms with Gasteiger partial charge in [-0.2, -0.15) is 0 Å². The molecular formula is C13H17N3O2S. The Morgan fingerprint density at radius 2 is 2.21 bits per heavy atom. The fraction of sp³-hybridized carbons (Fsp3) is 0.462. The summed E-state index contributed by atoms with van der Waals surface area (Å²) in [7, 11) is 0. The molecule has 0 saturated carbocycles. The molecule has 5 nitrogen and oxygen atoms in total. The van der Waals surface area contributed by atoms with Crippen molar-refractivity contribution < 1.29 is 9.21 Å². The highest BCUT2D eigenvalue weighted by Gasteiger charge is 2.18. The van der Waals surface area contributed by atoms with Crippen LogP contribution in [0.3, 0.4) is 0 Å². The van der Waals surface area contributed by atoms with Gasteiger partial charge in [-0.3, -0.25) is 4.79 Å². The first kappa shape index (κ1) is 13.7. The molecule has 2 heterocycles. The standard InChI is InChI=1S/C13H17N3O2S/c1-8-11(15-7-18-8)12(17)14-5-10-16-9(6-19-10)13(2,3)4/h6-7H,5H2,1-4H3,(H,14,17). The molecule has 0 aliphatic rings. The Morgan fingerprint density at radius 1 is 1.47 bits per heavy atom. The fourth-order valence-electron chi connectivity index (χ4n) is 1.50. The maximum Gasteiger partial charge on any atom is 0.273 e. The molecule has 2 aromatic heterocycles. The van der Waals surface area contributed by atoms with E-state index in [0.717, 1.165) is 10.7 Å². The van der Waals surface area contributed by atoms with Crippen LogP contribution in [-0.4, -0.2) is 15.9 Å². The lowest BCUT2D eigenvalue weighted by atomic mass is 9.93. The molecule has 0 radical (unpaired) electrons. The molecular weight excluding hydrogens is 262 g/mol. The van der Waals surface area contributed by atoms with Crippen molar-refractivity contribution in [3.05, 3.63) is 33.9 Å². The van der Waals surface area contributed by atoms with Gasteiger partial charge in [-0.05, 0) is 6.92 Å². The van der Waals surface area contributed by atoms with Crippen molar-refractivity contribution in [2.45, 2.75) is 39.7 Å². The zero-order valence-corrected chi connectivity index (χ0v) is 12.3. The first-order valence-electron chi connectivity index (χ1n) is 6.01. The number of nitrogens with one attached hydrogen (secondary N) is 1. The Labute approximate surface area is 116 Å². The number of hydrogen-bond donors (Lipinski definition) is 1. The van der Waals surface area contributed by atoms with E-state index in [1.54, 1.807) is 18.3 Å². The van der Waals surface area contributed by atoms with Gasteiger partial charge in [0.05, 0.1) is 12.2 Å². The van der Waals surface area contributed by atoms with Crippen molar-refractivity contribution in [2.75, 3.05) is 0 Å². The zero-order valence-electron chi connectivity index (χ0n) is 11.5. The highest BCUT2D eigenvalue weighted by atomic mass is 32.1. The average Bonchev–Trinajstić information content (AvgIpc) is 2.93. The first-order valence-corrected chi connectivity index (χ1v) is 6.89. The normalized spacial score (nSPS) is 11.6. The molecule has 1 N–H and O–H groups in total. The summed E-state index contributed by atoms with van der Waals surface area (Å²) in [6.07, 6.45) is 1.27. The molecule has 0 spiro atoms. The van der Waals surface area contributed by atoms with E-state index in [4.69, 9.17) is 4.42 Å². The van der Waals surface area contributed by atoms with Gasteiger partial charge in [-0.25, -0.2) is 9.97 Å². The van der Waals surface area contributed by atoms with E-state index in [2.05, 4.69) is 36.1 Å². The van der Waals surface area contributed by atoms with E-state index in [-0.39, 0.29) is 11.3 Å². The molecule has 0 aliphatic heterocycles. The number of aryl methyl sites for hydroxylation is 1. The van der Waals surface area contributed by atoms with Gasteiger partial charge in [-0.1, -0.05) is 20.8 Å². The predicted molar refractivity (Wildman–Crippen MR) is 73.2 cm³/mol. The summed E-state index contributed by atoms with van der Waals surface area (Å²) in [4.78, 5) is 20.2. The van der Waals surface area contributed by atoms with Crippen LogP contribution < -0.4 is 5.32 Å². The molecule has 1 amide bonds. The van der Waals surface area contributed by atoms with Crippen LogP contribution in [0.25, 0.3) is 0 Å². The molecule has 0 saturated heterocycles. The van der Waals surface area contributed by atoms with Crippen molar-refractivity contribution >= 4 is 17.2 Å². The Morgan fingerprint density at radius 3 is 2.74 bits per heavy atom. The van der Waals surface area contributed by atoms with Gasteiger partial charge < -0.3 is 9.73 Å². The van der Waals surface area contributed by atoms with E-state index in [9.17, 15) is 4.79 Å². The second-order valence-corrected chi connectivity index (χ2v) is 6.26. The van der Waals surface area contributed by atoms with Gasteiger partial charge in [0.1, 0.15) is 10.8 Å². The summed E-state index contributed by atoms with van der Waals surface area (Å²) in [5.41, 5.74) is 1.40. The molecule has 2 aromatic rings. The first-order chi connectivity index (χ1) is 8.88. The van der Waals surface area contributed by atoms with Crippen LogP contribution in [0, 0.1) is 6.92 Å². The lowest BCUT2D eigenvalue weighted by Gasteiger charge is -2.14. The molecule has 0 atom stereocenters. The fourth-order valence-corrected chi connectivity index (χ4v) is 2.46. The van der Waals surface area contributed by atoms with Crippen molar-refractivity contribution in [1.82, 2.24) is 15.3 Å². The summed E-state index contributed by atoms with van der Waals surface area (Å²) < 4.78 is 5.00. The van der Waals surface area contributed by atoms with Gasteiger partial charge in [0.2, 0.25) is 0 Å². The van der Waals surface area contributed by atoms with Gasteiger partial charge >= 0.3 is 0 Å². The number of aromatic nitrogens is 2. The third-order valence-electron chi connectivity index (χ3n) is 2.68. The maximum absolute atomic E-state index is 11.8. The Hall–Kier alpha value is -1.69. The van der Waals surface area contributed by atoms with E-state index < -0.39 is 0 Å². The number of carbonyl (C=O) groups is 1. The highest BCUT2D eigenvalue weighted by Crippen LogP contribution is 2.23. The van der Waals surface area contributed by atoms with Gasteiger partial charge in [0.15, 0.2) is 12.1 Å². The molecule has 0 unspecified atom stereocenters. The molecule has 2 rings (SSSR count). The Kier molecular flexibility index (Phi) is 3.71. The van der Waals surface area contributed by atoms with Crippen LogP contribution in [0.2, 0.25) is 0 Å². The van der Waals surface area contributed by atoms with Gasteiger partial charge in [0.25, 0.3) is 5.91 Å². The summed E-state index contributed by atoms with van der Waals surface area (Å²) >= 11 is 1.55. The topological polar surface area (TPSA) is 68.0 Å². The van der Waals surface area contributed by atoms with Crippen molar-refractivity contribution in [3.63, 3.8) is 0 Å². The van der Waals surface area contributed by atoms with Crippen molar-refractivity contribution in [3.8, 4) is 0 Å². The SMILES string of the molecule is Cc1ocnc1C(=O)NCc1nc(C(C)(C)C)cs1. The summed E-state index contributed by atoms with van der Waals surface area (Å²) in [6, 6.07) is 0. The third-order valence-corrected chi connectivity index (χ3v) is 3.53. The van der Waals surface area contributed by atoms with E-state index in [0.29, 0.717) is 18.0 Å². The molecule has 19 heavy (non-hydrogen) atoms. The summed E-state index contributed by atoms with van der Waals surface area (Å²) in [5.74, 6) is 0.283. The molecule has 0 aromatic carbocycles. The molecule has 102 valence electrons. The number of oxazole rings is 1. The lowest BCUT2D eigenvalue weighted by molar-refractivity contribution is 0.0945. The molecule has 0 fully saturated rings. The van der Waals surface area contributed by atoms with Crippen LogP contribution in [0.4, 0.5) is 0 Å². The number of rotatable bonds is 3. The quantitative estimate of drug-likeness (QED) is 0.938. The number of hydrogen-bond acceptors (Lipinski definition) is 5. The molecule has 6 heteroatoms. The number of thiazole rings is 1. The number of nitrogens with zero attached hydrogens (tertiary/aromatic N) is 2. The summed E-state index contributed by atoms with van der Waals surface area (Å²) in [6.45, 7) is 8.46. The highest BCUT2D eigenvalue weighted by molar-refractivity contribution is 7.09. The minimum absolute atomic E-state index is 0.0292. The predicted octanol–water partition coefficient (Wildman–Crippen LogP) is 2.67. The van der Waals surface area contributed by atoms with E-state index in [1.165, 1.54) is 6.39 Å².